The number of hydrogen-bond donors (Lipinski definition) is 0. The Balaban J connectivity index is 2.22. The van der Waals surface area contributed by atoms with Crippen LogP contribution in [0.25, 0.3) is 38.2 Å². The molecule has 0 bridgehead atoms. The van der Waals surface area contributed by atoms with E-state index in [-0.39, 0.29) is 5.56 Å². The molecule has 0 radical (unpaired) electrons. The Bertz CT molecular complexity index is 1340. The molecule has 0 saturated heterocycles. The summed E-state index contributed by atoms with van der Waals surface area (Å²) in [4.78, 5) is 17.9. The Hall–Kier alpha value is -2.72. The van der Waals surface area contributed by atoms with Gasteiger partial charge in [0.25, 0.3) is 5.56 Å². The van der Waals surface area contributed by atoms with Crippen LogP contribution in [0.4, 0.5) is 0 Å². The van der Waals surface area contributed by atoms with Crippen LogP contribution >= 0.6 is 15.9 Å². The minimum absolute atomic E-state index is 0.0336. The summed E-state index contributed by atoms with van der Waals surface area (Å²) in [6.45, 7) is 0. The molecule has 24 heavy (non-hydrogen) atoms. The monoisotopic (exact) mass is 374 g/mol. The summed E-state index contributed by atoms with van der Waals surface area (Å²) in [5.41, 5.74) is 2.26. The summed E-state index contributed by atoms with van der Waals surface area (Å²) in [7, 11) is 0. The van der Waals surface area contributed by atoms with Crippen LogP contribution in [-0.4, -0.2) is 9.38 Å². The highest BCUT2D eigenvalue weighted by atomic mass is 79.9. The third kappa shape index (κ3) is 1.77. The predicted octanol–water partition coefficient (Wildman–Crippen LogP) is 4.92. The molecule has 0 saturated carbocycles. The van der Waals surface area contributed by atoms with Gasteiger partial charge in [-0.25, -0.2) is 4.98 Å². The van der Waals surface area contributed by atoms with E-state index in [1.807, 2.05) is 54.6 Å². The highest BCUT2D eigenvalue weighted by Gasteiger charge is 2.13. The highest BCUT2D eigenvalue weighted by molar-refractivity contribution is 9.10. The van der Waals surface area contributed by atoms with E-state index >= 15 is 0 Å². The van der Waals surface area contributed by atoms with Gasteiger partial charge in [0.2, 0.25) is 0 Å². The number of hydrogen-bond acceptors (Lipinski definition) is 2. The minimum Gasteiger partial charge on any atom is -0.268 e. The van der Waals surface area contributed by atoms with Crippen LogP contribution in [0.2, 0.25) is 0 Å². The molecular weight excluding hydrogens is 364 g/mol. The zero-order valence-corrected chi connectivity index (χ0v) is 14.1. The molecule has 0 fully saturated rings. The van der Waals surface area contributed by atoms with Crippen LogP contribution in [-0.2, 0) is 0 Å². The maximum absolute atomic E-state index is 13.1. The first kappa shape index (κ1) is 13.7. The van der Waals surface area contributed by atoms with Crippen molar-refractivity contribution < 1.29 is 0 Å². The highest BCUT2D eigenvalue weighted by Crippen LogP contribution is 2.30. The molecule has 4 heteroatoms. The van der Waals surface area contributed by atoms with E-state index in [4.69, 9.17) is 4.98 Å². The summed E-state index contributed by atoms with van der Waals surface area (Å²) in [6, 6.07) is 21.6. The zero-order chi connectivity index (χ0) is 16.3. The van der Waals surface area contributed by atoms with E-state index in [9.17, 15) is 4.79 Å². The minimum atomic E-state index is -0.0336. The molecule has 0 aliphatic carbocycles. The third-order valence-corrected chi connectivity index (χ3v) is 4.93. The standard InChI is InChI=1S/C20H11BrN2O/c21-12-9-10-18-16(11-12)13-5-1-2-6-14(13)19-22-17-8-4-3-7-15(17)20(24)23(18)19/h1-11H. The maximum atomic E-state index is 13.1. The number of benzene rings is 3. The van der Waals surface area contributed by atoms with Crippen LogP contribution in [0.1, 0.15) is 0 Å². The second kappa shape index (κ2) is 4.89. The lowest BCUT2D eigenvalue weighted by Gasteiger charge is -2.12. The molecule has 2 aromatic heterocycles. The lowest BCUT2D eigenvalue weighted by molar-refractivity contribution is 1.14. The van der Waals surface area contributed by atoms with Gasteiger partial charge in [0, 0.05) is 15.2 Å². The first-order valence-electron chi connectivity index (χ1n) is 7.65. The normalized spacial score (nSPS) is 11.7. The second-order valence-corrected chi connectivity index (χ2v) is 6.72. The van der Waals surface area contributed by atoms with Gasteiger partial charge in [0.15, 0.2) is 0 Å². The molecule has 5 aromatic rings. The van der Waals surface area contributed by atoms with E-state index in [0.717, 1.165) is 31.7 Å². The van der Waals surface area contributed by atoms with E-state index in [0.29, 0.717) is 11.0 Å². The van der Waals surface area contributed by atoms with Gasteiger partial charge in [0.1, 0.15) is 5.65 Å². The van der Waals surface area contributed by atoms with Gasteiger partial charge in [-0.2, -0.15) is 0 Å². The quantitative estimate of drug-likeness (QED) is 0.285. The van der Waals surface area contributed by atoms with E-state index < -0.39 is 0 Å². The van der Waals surface area contributed by atoms with E-state index in [1.165, 1.54) is 0 Å². The lowest BCUT2D eigenvalue weighted by atomic mass is 10.1. The van der Waals surface area contributed by atoms with Crippen molar-refractivity contribution in [3.63, 3.8) is 0 Å². The Morgan fingerprint density at radius 2 is 1.50 bits per heavy atom. The summed E-state index contributed by atoms with van der Waals surface area (Å²) in [6.07, 6.45) is 0. The summed E-state index contributed by atoms with van der Waals surface area (Å²) >= 11 is 3.54. The van der Waals surface area contributed by atoms with Crippen molar-refractivity contribution in [2.75, 3.05) is 0 Å². The van der Waals surface area contributed by atoms with E-state index in [2.05, 4.69) is 28.1 Å². The molecule has 0 unspecified atom stereocenters. The van der Waals surface area contributed by atoms with Gasteiger partial charge < -0.3 is 0 Å². The van der Waals surface area contributed by atoms with Crippen LogP contribution in [0.15, 0.2) is 76.0 Å². The fourth-order valence-electron chi connectivity index (χ4n) is 3.37. The first-order valence-corrected chi connectivity index (χ1v) is 8.45. The second-order valence-electron chi connectivity index (χ2n) is 5.80. The number of pyridine rings is 1. The fourth-order valence-corrected chi connectivity index (χ4v) is 3.73. The number of fused-ring (bicyclic) bond motifs is 7. The Morgan fingerprint density at radius 1 is 0.792 bits per heavy atom. The molecule has 0 atom stereocenters. The third-order valence-electron chi connectivity index (χ3n) is 4.43. The van der Waals surface area contributed by atoms with Crippen molar-refractivity contribution in [1.29, 1.82) is 0 Å². The van der Waals surface area contributed by atoms with Crippen molar-refractivity contribution in [2.45, 2.75) is 0 Å². The SMILES string of the molecule is O=c1c2ccccc2nc2c3ccccc3c3cc(Br)ccc3n12. The molecule has 0 aliphatic rings. The Labute approximate surface area is 145 Å². The molecule has 0 spiro atoms. The van der Waals surface area contributed by atoms with Gasteiger partial charge in [-0.05, 0) is 35.7 Å². The predicted molar refractivity (Wildman–Crippen MR) is 102 cm³/mol. The molecule has 0 amide bonds. The van der Waals surface area contributed by atoms with Crippen molar-refractivity contribution >= 4 is 54.2 Å². The van der Waals surface area contributed by atoms with Crippen LogP contribution in [0.5, 0.6) is 0 Å². The molecule has 0 N–H and O–H groups in total. The van der Waals surface area contributed by atoms with Gasteiger partial charge >= 0.3 is 0 Å². The van der Waals surface area contributed by atoms with Gasteiger partial charge in [-0.3, -0.25) is 9.20 Å². The van der Waals surface area contributed by atoms with Gasteiger partial charge in [-0.1, -0.05) is 52.3 Å². The van der Waals surface area contributed by atoms with Crippen LogP contribution in [0.3, 0.4) is 0 Å². The molecule has 3 nitrogen and oxygen atoms in total. The number of aromatic nitrogens is 2. The van der Waals surface area contributed by atoms with E-state index in [1.54, 1.807) is 4.40 Å². The zero-order valence-electron chi connectivity index (χ0n) is 12.5. The molecule has 5 rings (SSSR count). The molecular formula is C20H11BrN2O. The lowest BCUT2D eigenvalue weighted by Crippen LogP contribution is -2.16. The fraction of sp³-hybridized carbons (Fsp3) is 0. The van der Waals surface area contributed by atoms with Crippen LogP contribution in [0, 0.1) is 0 Å². The Kier molecular flexibility index (Phi) is 2.79. The van der Waals surface area contributed by atoms with Gasteiger partial charge in [0.05, 0.1) is 16.4 Å². The van der Waals surface area contributed by atoms with Crippen LogP contribution < -0.4 is 5.56 Å². The van der Waals surface area contributed by atoms with Crippen molar-refractivity contribution in [3.05, 3.63) is 81.6 Å². The smallest absolute Gasteiger partial charge is 0.266 e. The molecule has 114 valence electrons. The Morgan fingerprint density at radius 3 is 2.33 bits per heavy atom. The summed E-state index contributed by atoms with van der Waals surface area (Å²) in [5.74, 6) is 0. The maximum Gasteiger partial charge on any atom is 0.266 e. The average molecular weight is 375 g/mol. The van der Waals surface area contributed by atoms with Gasteiger partial charge in [-0.15, -0.1) is 0 Å². The average Bonchev–Trinajstić information content (AvgIpc) is 2.62. The van der Waals surface area contributed by atoms with Crippen molar-refractivity contribution in [3.8, 4) is 0 Å². The number of halogens is 1. The number of rotatable bonds is 0. The largest absolute Gasteiger partial charge is 0.268 e. The van der Waals surface area contributed by atoms with Crippen molar-refractivity contribution in [2.24, 2.45) is 0 Å². The molecule has 2 heterocycles. The number of nitrogens with zero attached hydrogens (tertiary/aromatic N) is 2. The summed E-state index contributed by atoms with van der Waals surface area (Å²) in [5, 5.41) is 3.74. The number of para-hydroxylation sites is 1. The molecule has 0 aliphatic heterocycles. The topological polar surface area (TPSA) is 34.4 Å². The van der Waals surface area contributed by atoms with Crippen molar-refractivity contribution in [1.82, 2.24) is 9.38 Å². The first-order chi connectivity index (χ1) is 11.7. The molecule has 3 aromatic carbocycles. The summed E-state index contributed by atoms with van der Waals surface area (Å²) < 4.78 is 2.72.